The number of hydrogen-bond donors (Lipinski definition) is 1. The van der Waals surface area contributed by atoms with E-state index in [1.165, 1.54) is 0 Å². The zero-order chi connectivity index (χ0) is 22.1. The molecule has 8 heteroatoms. The minimum Gasteiger partial charge on any atom is -0.490 e. The van der Waals surface area contributed by atoms with E-state index in [9.17, 15) is 4.79 Å². The fourth-order valence-electron chi connectivity index (χ4n) is 3.03. The van der Waals surface area contributed by atoms with Crippen molar-refractivity contribution in [3.63, 3.8) is 0 Å². The molecule has 0 saturated carbocycles. The molecule has 7 nitrogen and oxygen atoms in total. The van der Waals surface area contributed by atoms with Crippen LogP contribution in [0.4, 0.5) is 5.69 Å². The van der Waals surface area contributed by atoms with Gasteiger partial charge in [-0.25, -0.2) is 0 Å². The average molecular weight is 443 g/mol. The molecule has 1 aromatic heterocycles. The summed E-state index contributed by atoms with van der Waals surface area (Å²) in [7, 11) is 0. The van der Waals surface area contributed by atoms with Crippen molar-refractivity contribution in [1.82, 2.24) is 15.0 Å². The summed E-state index contributed by atoms with van der Waals surface area (Å²) in [6.07, 6.45) is 0.563. The number of aryl methyl sites for hydroxylation is 1. The number of rotatable bonds is 11. The maximum atomic E-state index is 12.4. The first-order valence-electron chi connectivity index (χ1n) is 10.4. The molecular formula is C23H27ClN4O3. The molecule has 0 spiro atoms. The standard InChI is InChI=1S/C23H27ClN4O3/c1-3-28(4-2)15-16-30-20-8-6-5-7-19(20)25-21(29)13-14-22-26-23(27-31-22)17-9-11-18(24)12-10-17/h5-12H,3-4,13-16H2,1-2H3,(H,25,29). The van der Waals surface area contributed by atoms with Crippen LogP contribution >= 0.6 is 11.6 Å². The van der Waals surface area contributed by atoms with Crippen molar-refractivity contribution in [2.24, 2.45) is 0 Å². The largest absolute Gasteiger partial charge is 0.490 e. The van der Waals surface area contributed by atoms with Crippen LogP contribution in [0.25, 0.3) is 11.4 Å². The summed E-state index contributed by atoms with van der Waals surface area (Å²) < 4.78 is 11.2. The second-order valence-electron chi connectivity index (χ2n) is 6.94. The minimum atomic E-state index is -0.147. The summed E-state index contributed by atoms with van der Waals surface area (Å²) in [5, 5.41) is 7.52. The molecule has 0 atom stereocenters. The Labute approximate surface area is 187 Å². The highest BCUT2D eigenvalue weighted by Crippen LogP contribution is 2.24. The first-order chi connectivity index (χ1) is 15.1. The van der Waals surface area contributed by atoms with Crippen LogP contribution in [0.3, 0.4) is 0 Å². The summed E-state index contributed by atoms with van der Waals surface area (Å²) in [4.78, 5) is 19.1. The normalized spacial score (nSPS) is 11.0. The number of hydrogen-bond acceptors (Lipinski definition) is 6. The van der Waals surface area contributed by atoms with E-state index < -0.39 is 0 Å². The summed E-state index contributed by atoms with van der Waals surface area (Å²) in [6.45, 7) is 7.60. The third-order valence-electron chi connectivity index (χ3n) is 4.86. The van der Waals surface area contributed by atoms with E-state index in [0.29, 0.717) is 41.2 Å². The van der Waals surface area contributed by atoms with Crippen molar-refractivity contribution in [2.75, 3.05) is 31.6 Å². The van der Waals surface area contributed by atoms with Gasteiger partial charge in [0, 0.05) is 30.0 Å². The van der Waals surface area contributed by atoms with Crippen molar-refractivity contribution >= 4 is 23.2 Å². The maximum absolute atomic E-state index is 12.4. The molecule has 1 heterocycles. The number of amides is 1. The molecule has 0 aliphatic carbocycles. The van der Waals surface area contributed by atoms with E-state index in [2.05, 4.69) is 34.2 Å². The zero-order valence-corrected chi connectivity index (χ0v) is 18.6. The number of nitrogens with zero attached hydrogens (tertiary/aromatic N) is 3. The van der Waals surface area contributed by atoms with Crippen LogP contribution in [-0.4, -0.2) is 47.2 Å². The van der Waals surface area contributed by atoms with Gasteiger partial charge in [-0.15, -0.1) is 0 Å². The molecule has 2 aromatic carbocycles. The number of anilines is 1. The third-order valence-corrected chi connectivity index (χ3v) is 5.11. The van der Waals surface area contributed by atoms with Crippen LogP contribution in [0, 0.1) is 0 Å². The highest BCUT2D eigenvalue weighted by atomic mass is 35.5. The number of carbonyl (C=O) groups excluding carboxylic acids is 1. The Morgan fingerprint density at radius 1 is 1.13 bits per heavy atom. The smallest absolute Gasteiger partial charge is 0.227 e. The van der Waals surface area contributed by atoms with Crippen LogP contribution < -0.4 is 10.1 Å². The van der Waals surface area contributed by atoms with Gasteiger partial charge in [0.15, 0.2) is 0 Å². The molecule has 0 aliphatic rings. The molecule has 164 valence electrons. The lowest BCUT2D eigenvalue weighted by atomic mass is 10.2. The lowest BCUT2D eigenvalue weighted by Gasteiger charge is -2.19. The molecular weight excluding hydrogens is 416 g/mol. The number of para-hydroxylation sites is 2. The van der Waals surface area contributed by atoms with Crippen molar-refractivity contribution in [2.45, 2.75) is 26.7 Å². The molecule has 0 aliphatic heterocycles. The molecule has 1 amide bonds. The van der Waals surface area contributed by atoms with Gasteiger partial charge in [0.25, 0.3) is 0 Å². The Bertz CT molecular complexity index is 971. The molecule has 0 radical (unpaired) electrons. The molecule has 0 saturated heterocycles. The Morgan fingerprint density at radius 2 is 1.87 bits per heavy atom. The minimum absolute atomic E-state index is 0.147. The van der Waals surface area contributed by atoms with E-state index in [-0.39, 0.29) is 12.3 Å². The molecule has 0 bridgehead atoms. The van der Waals surface area contributed by atoms with Gasteiger partial charge in [-0.2, -0.15) is 4.98 Å². The number of nitrogens with one attached hydrogen (secondary N) is 1. The predicted octanol–water partition coefficient (Wildman–Crippen LogP) is 4.68. The fourth-order valence-corrected chi connectivity index (χ4v) is 3.15. The number of halogens is 1. The molecule has 3 rings (SSSR count). The highest BCUT2D eigenvalue weighted by molar-refractivity contribution is 6.30. The first-order valence-corrected chi connectivity index (χ1v) is 10.8. The highest BCUT2D eigenvalue weighted by Gasteiger charge is 2.12. The lowest BCUT2D eigenvalue weighted by Crippen LogP contribution is -2.28. The van der Waals surface area contributed by atoms with Crippen molar-refractivity contribution in [3.8, 4) is 17.1 Å². The molecule has 1 N–H and O–H groups in total. The SMILES string of the molecule is CCN(CC)CCOc1ccccc1NC(=O)CCc1nc(-c2ccc(Cl)cc2)no1. The average Bonchev–Trinajstić information content (AvgIpc) is 3.26. The van der Waals surface area contributed by atoms with E-state index >= 15 is 0 Å². The zero-order valence-electron chi connectivity index (χ0n) is 17.8. The van der Waals surface area contributed by atoms with Gasteiger partial charge in [-0.1, -0.05) is 42.7 Å². The van der Waals surface area contributed by atoms with E-state index in [4.69, 9.17) is 20.9 Å². The lowest BCUT2D eigenvalue weighted by molar-refractivity contribution is -0.116. The fraction of sp³-hybridized carbons (Fsp3) is 0.348. The van der Waals surface area contributed by atoms with Crippen LogP contribution in [0.1, 0.15) is 26.2 Å². The van der Waals surface area contributed by atoms with Crippen molar-refractivity contribution in [3.05, 3.63) is 59.4 Å². The Morgan fingerprint density at radius 3 is 2.61 bits per heavy atom. The molecule has 31 heavy (non-hydrogen) atoms. The monoisotopic (exact) mass is 442 g/mol. The van der Waals surface area contributed by atoms with E-state index in [1.54, 1.807) is 12.1 Å². The maximum Gasteiger partial charge on any atom is 0.227 e. The van der Waals surface area contributed by atoms with Crippen LogP contribution in [0.15, 0.2) is 53.1 Å². The first kappa shape index (κ1) is 22.8. The Kier molecular flexibility index (Phi) is 8.44. The van der Waals surface area contributed by atoms with Crippen molar-refractivity contribution < 1.29 is 14.1 Å². The van der Waals surface area contributed by atoms with Gasteiger partial charge in [0.1, 0.15) is 12.4 Å². The summed E-state index contributed by atoms with van der Waals surface area (Å²) in [5.41, 5.74) is 1.46. The number of ether oxygens (including phenoxy) is 1. The topological polar surface area (TPSA) is 80.5 Å². The van der Waals surface area contributed by atoms with E-state index in [1.807, 2.05) is 36.4 Å². The van der Waals surface area contributed by atoms with Gasteiger partial charge < -0.3 is 19.5 Å². The second-order valence-corrected chi connectivity index (χ2v) is 7.37. The molecule has 0 unspecified atom stereocenters. The van der Waals surface area contributed by atoms with Gasteiger partial charge >= 0.3 is 0 Å². The quantitative estimate of drug-likeness (QED) is 0.464. The summed E-state index contributed by atoms with van der Waals surface area (Å²) in [6, 6.07) is 14.6. The van der Waals surface area contributed by atoms with Crippen LogP contribution in [0.5, 0.6) is 5.75 Å². The van der Waals surface area contributed by atoms with Gasteiger partial charge in [0.2, 0.25) is 17.6 Å². The summed E-state index contributed by atoms with van der Waals surface area (Å²) >= 11 is 5.90. The van der Waals surface area contributed by atoms with Gasteiger partial charge in [-0.05, 0) is 49.5 Å². The van der Waals surface area contributed by atoms with Crippen molar-refractivity contribution in [1.29, 1.82) is 0 Å². The number of likely N-dealkylation sites (N-methyl/N-ethyl adjacent to an activating group) is 1. The van der Waals surface area contributed by atoms with Crippen LogP contribution in [-0.2, 0) is 11.2 Å². The Balaban J connectivity index is 1.51. The van der Waals surface area contributed by atoms with Gasteiger partial charge in [0.05, 0.1) is 5.69 Å². The number of aromatic nitrogens is 2. The van der Waals surface area contributed by atoms with E-state index in [0.717, 1.165) is 25.2 Å². The molecule has 0 fully saturated rings. The predicted molar refractivity (Wildman–Crippen MR) is 121 cm³/mol. The number of benzene rings is 2. The second kappa shape index (κ2) is 11.5. The Hall–Kier alpha value is -2.90. The van der Waals surface area contributed by atoms with Crippen LogP contribution in [0.2, 0.25) is 5.02 Å². The van der Waals surface area contributed by atoms with Gasteiger partial charge in [-0.3, -0.25) is 4.79 Å². The summed E-state index contributed by atoms with van der Waals surface area (Å²) in [5.74, 6) is 1.39. The molecule has 3 aromatic rings. The third kappa shape index (κ3) is 6.80. The number of carbonyl (C=O) groups is 1.